The van der Waals surface area contributed by atoms with Gasteiger partial charge in [-0.05, 0) is 39.8 Å². The molecule has 5 nitrogen and oxygen atoms in total. The van der Waals surface area contributed by atoms with E-state index >= 15 is 0 Å². The van der Waals surface area contributed by atoms with Gasteiger partial charge in [-0.2, -0.15) is 0 Å². The van der Waals surface area contributed by atoms with Crippen molar-refractivity contribution < 1.29 is 14.6 Å². The maximum absolute atomic E-state index is 11.7. The zero-order chi connectivity index (χ0) is 12.5. The highest BCUT2D eigenvalue weighted by molar-refractivity contribution is 7.80. The van der Waals surface area contributed by atoms with Crippen LogP contribution in [0.5, 0.6) is 0 Å². The summed E-state index contributed by atoms with van der Waals surface area (Å²) in [6.45, 7) is 8.02. The molecule has 1 heterocycles. The van der Waals surface area contributed by atoms with E-state index < -0.39 is 18.7 Å². The fourth-order valence-electron chi connectivity index (χ4n) is 1.39. The summed E-state index contributed by atoms with van der Waals surface area (Å²) in [5, 5.41) is 9.74. The van der Waals surface area contributed by atoms with E-state index in [4.69, 9.17) is 17.0 Å². The topological polar surface area (TPSA) is 53.0 Å². The van der Waals surface area contributed by atoms with E-state index in [1.165, 1.54) is 4.90 Å². The van der Waals surface area contributed by atoms with Crippen LogP contribution in [0.25, 0.3) is 0 Å². The molecular formula is C9H17BN2O3S. The molecule has 1 amide bonds. The van der Waals surface area contributed by atoms with Crippen LogP contribution >= 0.6 is 12.2 Å². The Morgan fingerprint density at radius 1 is 1.50 bits per heavy atom. The van der Waals surface area contributed by atoms with Crippen LogP contribution in [0.15, 0.2) is 0 Å². The van der Waals surface area contributed by atoms with Gasteiger partial charge in [-0.3, -0.25) is 4.90 Å². The lowest BCUT2D eigenvalue weighted by Gasteiger charge is -2.25. The van der Waals surface area contributed by atoms with Crippen LogP contribution in [0.1, 0.15) is 20.8 Å². The number of hydrogen-bond donors (Lipinski definition) is 1. The summed E-state index contributed by atoms with van der Waals surface area (Å²) in [6.07, 6.45) is -0.458. The standard InChI is InChI=1S/C9H17BN2O3S/c1-9(2,3)15-8(13)11-5-6-12(7(11)16)10(4)14/h14H,5-6H2,1-4H3. The molecule has 0 unspecified atom stereocenters. The van der Waals surface area contributed by atoms with Gasteiger partial charge in [-0.15, -0.1) is 0 Å². The fourth-order valence-corrected chi connectivity index (χ4v) is 1.80. The lowest BCUT2D eigenvalue weighted by atomic mass is 9.86. The van der Waals surface area contributed by atoms with Crippen molar-refractivity contribution in [3.63, 3.8) is 0 Å². The average molecular weight is 244 g/mol. The summed E-state index contributed by atoms with van der Waals surface area (Å²) in [5.74, 6) is 0. The monoisotopic (exact) mass is 244 g/mol. The van der Waals surface area contributed by atoms with E-state index in [1.54, 1.807) is 32.4 Å². The molecule has 0 spiro atoms. The number of nitrogens with zero attached hydrogens (tertiary/aromatic N) is 2. The molecule has 0 aromatic carbocycles. The van der Waals surface area contributed by atoms with E-state index in [0.717, 1.165) is 0 Å². The molecule has 0 atom stereocenters. The van der Waals surface area contributed by atoms with Crippen molar-refractivity contribution in [3.05, 3.63) is 0 Å². The van der Waals surface area contributed by atoms with Crippen LogP contribution in [0.4, 0.5) is 4.79 Å². The predicted octanol–water partition coefficient (Wildman–Crippen LogP) is 0.934. The Balaban J connectivity index is 2.64. The molecule has 0 aliphatic carbocycles. The van der Waals surface area contributed by atoms with Gasteiger partial charge in [0.2, 0.25) is 0 Å². The van der Waals surface area contributed by atoms with Crippen LogP contribution in [-0.2, 0) is 4.74 Å². The van der Waals surface area contributed by atoms with Crippen molar-refractivity contribution >= 4 is 30.5 Å². The predicted molar refractivity (Wildman–Crippen MR) is 66.1 cm³/mol. The number of hydrogen-bond acceptors (Lipinski definition) is 4. The zero-order valence-corrected chi connectivity index (χ0v) is 10.9. The molecule has 16 heavy (non-hydrogen) atoms. The maximum Gasteiger partial charge on any atom is 0.416 e. The van der Waals surface area contributed by atoms with E-state index in [9.17, 15) is 9.82 Å². The molecule has 0 bridgehead atoms. The fraction of sp³-hybridized carbons (Fsp3) is 0.778. The lowest BCUT2D eigenvalue weighted by molar-refractivity contribution is 0.0388. The SMILES string of the molecule is CB(O)N1CCN(C(=O)OC(C)(C)C)C1=S. The van der Waals surface area contributed by atoms with Gasteiger partial charge in [-0.1, -0.05) is 0 Å². The molecule has 1 N–H and O–H groups in total. The number of ether oxygens (including phenoxy) is 1. The Labute approximate surface area is 101 Å². The first-order chi connectivity index (χ1) is 7.22. The second kappa shape index (κ2) is 4.59. The van der Waals surface area contributed by atoms with Crippen LogP contribution in [0, 0.1) is 0 Å². The number of amides is 1. The van der Waals surface area contributed by atoms with Gasteiger partial charge >= 0.3 is 13.1 Å². The first-order valence-corrected chi connectivity index (χ1v) is 5.62. The van der Waals surface area contributed by atoms with Crippen molar-refractivity contribution in [1.29, 1.82) is 0 Å². The van der Waals surface area contributed by atoms with E-state index in [2.05, 4.69) is 0 Å². The second-order valence-electron chi connectivity index (χ2n) is 4.74. The highest BCUT2D eigenvalue weighted by Gasteiger charge is 2.35. The number of rotatable bonds is 1. The molecular weight excluding hydrogens is 227 g/mol. The van der Waals surface area contributed by atoms with E-state index in [0.29, 0.717) is 18.2 Å². The van der Waals surface area contributed by atoms with Crippen LogP contribution in [0.2, 0.25) is 6.82 Å². The molecule has 1 aliphatic heterocycles. The van der Waals surface area contributed by atoms with Gasteiger partial charge in [0.15, 0.2) is 5.11 Å². The number of carbonyl (C=O) groups is 1. The van der Waals surface area contributed by atoms with Gasteiger partial charge in [0.1, 0.15) is 5.60 Å². The van der Waals surface area contributed by atoms with Crippen LogP contribution in [0.3, 0.4) is 0 Å². The molecule has 0 aromatic heterocycles. The zero-order valence-electron chi connectivity index (χ0n) is 10.1. The summed E-state index contributed by atoms with van der Waals surface area (Å²) in [6, 6.07) is 0. The molecule has 1 rings (SSSR count). The normalized spacial score (nSPS) is 16.7. The Morgan fingerprint density at radius 3 is 2.44 bits per heavy atom. The minimum atomic E-state index is -0.681. The third kappa shape index (κ3) is 3.09. The molecule has 0 saturated carbocycles. The molecule has 0 aromatic rings. The van der Waals surface area contributed by atoms with Gasteiger partial charge in [0.05, 0.1) is 0 Å². The Hall–Kier alpha value is -0.815. The van der Waals surface area contributed by atoms with Gasteiger partial charge < -0.3 is 14.6 Å². The summed E-state index contributed by atoms with van der Waals surface area (Å²) >= 11 is 5.09. The van der Waals surface area contributed by atoms with Crippen LogP contribution in [-0.4, -0.2) is 51.7 Å². The highest BCUT2D eigenvalue weighted by atomic mass is 32.1. The summed E-state index contributed by atoms with van der Waals surface area (Å²) in [4.78, 5) is 14.7. The Bertz CT molecular complexity index is 304. The van der Waals surface area contributed by atoms with Crippen LogP contribution < -0.4 is 0 Å². The van der Waals surface area contributed by atoms with Crippen molar-refractivity contribution in [2.24, 2.45) is 0 Å². The van der Waals surface area contributed by atoms with E-state index in [1.807, 2.05) is 0 Å². The van der Waals surface area contributed by atoms with Crippen molar-refractivity contribution in [1.82, 2.24) is 9.71 Å². The first-order valence-electron chi connectivity index (χ1n) is 5.21. The number of thiocarbonyl (C=S) groups is 1. The number of carbonyl (C=O) groups excluding carboxylic acids is 1. The lowest BCUT2D eigenvalue weighted by Crippen LogP contribution is -2.43. The van der Waals surface area contributed by atoms with Gasteiger partial charge in [-0.25, -0.2) is 4.79 Å². The summed E-state index contributed by atoms with van der Waals surface area (Å²) in [7, 11) is -0.681. The smallest absolute Gasteiger partial charge is 0.416 e. The van der Waals surface area contributed by atoms with Crippen molar-refractivity contribution in [2.45, 2.75) is 33.2 Å². The van der Waals surface area contributed by atoms with Crippen molar-refractivity contribution in [3.8, 4) is 0 Å². The highest BCUT2D eigenvalue weighted by Crippen LogP contribution is 2.15. The quantitative estimate of drug-likeness (QED) is 0.549. The van der Waals surface area contributed by atoms with E-state index in [-0.39, 0.29) is 0 Å². The summed E-state index contributed by atoms with van der Waals surface area (Å²) < 4.78 is 5.21. The summed E-state index contributed by atoms with van der Waals surface area (Å²) in [5.41, 5.74) is -0.537. The molecule has 0 radical (unpaired) electrons. The minimum Gasteiger partial charge on any atom is -0.443 e. The molecule has 1 saturated heterocycles. The molecule has 1 aliphatic rings. The maximum atomic E-state index is 11.7. The third-order valence-electron chi connectivity index (χ3n) is 2.11. The minimum absolute atomic E-state index is 0.323. The second-order valence-corrected chi connectivity index (χ2v) is 5.10. The molecule has 90 valence electrons. The van der Waals surface area contributed by atoms with Gasteiger partial charge in [0, 0.05) is 13.1 Å². The Kier molecular flexibility index (Phi) is 3.80. The average Bonchev–Trinajstić information content (AvgIpc) is 2.43. The Morgan fingerprint density at radius 2 is 2.06 bits per heavy atom. The largest absolute Gasteiger partial charge is 0.443 e. The molecule has 1 fully saturated rings. The molecule has 7 heteroatoms. The van der Waals surface area contributed by atoms with Crippen molar-refractivity contribution in [2.75, 3.05) is 13.1 Å². The van der Waals surface area contributed by atoms with Gasteiger partial charge in [0.25, 0.3) is 0 Å². The third-order valence-corrected chi connectivity index (χ3v) is 2.56. The first kappa shape index (κ1) is 13.3.